The van der Waals surface area contributed by atoms with E-state index in [1.807, 2.05) is 36.5 Å². The van der Waals surface area contributed by atoms with Crippen LogP contribution in [0.4, 0.5) is 11.5 Å². The zero-order valence-corrected chi connectivity index (χ0v) is 18.2. The van der Waals surface area contributed by atoms with E-state index in [-0.39, 0.29) is 0 Å². The second-order valence-corrected chi connectivity index (χ2v) is 9.46. The van der Waals surface area contributed by atoms with Gasteiger partial charge in [-0.15, -0.1) is 11.3 Å². The Morgan fingerprint density at radius 1 is 0.929 bits per heavy atom. The summed E-state index contributed by atoms with van der Waals surface area (Å²) in [5.41, 5.74) is 2.64. The highest BCUT2D eigenvalue weighted by Gasteiger charge is 2.25. The molecule has 1 aliphatic carbocycles. The molecule has 2 aliphatic rings. The maximum absolute atomic E-state index is 6.21. The molecule has 7 heteroatoms. The van der Waals surface area contributed by atoms with E-state index in [0.29, 0.717) is 10.0 Å². The number of hydrogen-bond acceptors (Lipinski definition) is 5. The van der Waals surface area contributed by atoms with Crippen molar-refractivity contribution in [3.05, 3.63) is 44.5 Å². The van der Waals surface area contributed by atoms with E-state index in [0.717, 1.165) is 49.9 Å². The first kappa shape index (κ1) is 18.5. The lowest BCUT2D eigenvalue weighted by Gasteiger charge is -2.37. The fraction of sp³-hybridized carbons (Fsp3) is 0.429. The Morgan fingerprint density at radius 3 is 2.46 bits per heavy atom. The summed E-state index contributed by atoms with van der Waals surface area (Å²) in [7, 11) is 0. The summed E-state index contributed by atoms with van der Waals surface area (Å²) in [5.74, 6) is 2.00. The summed E-state index contributed by atoms with van der Waals surface area (Å²) in [6.07, 6.45) is 4.93. The van der Waals surface area contributed by atoms with E-state index < -0.39 is 0 Å². The molecule has 1 saturated heterocycles. The molecule has 0 spiro atoms. The first-order chi connectivity index (χ1) is 13.6. The van der Waals surface area contributed by atoms with Crippen LogP contribution in [0.5, 0.6) is 0 Å². The number of aryl methyl sites for hydroxylation is 3. The standard InChI is InChI=1S/C21H22Cl2N4S/c1-13-24-20(19-15-4-2-3-5-18(15)28-21(19)25-13)27-10-8-26(9-11-27)14-6-7-16(22)17(23)12-14/h6-7,12H,2-5,8-11H2,1H3. The van der Waals surface area contributed by atoms with E-state index in [9.17, 15) is 0 Å². The van der Waals surface area contributed by atoms with Gasteiger partial charge in [-0.2, -0.15) is 0 Å². The summed E-state index contributed by atoms with van der Waals surface area (Å²) in [4.78, 5) is 17.2. The van der Waals surface area contributed by atoms with Gasteiger partial charge in [0, 0.05) is 36.7 Å². The SMILES string of the molecule is Cc1nc(N2CCN(c3ccc(Cl)c(Cl)c3)CC2)c2c3c(sc2n1)CCCC3. The minimum Gasteiger partial charge on any atom is -0.368 e. The van der Waals surface area contributed by atoms with Crippen molar-refractivity contribution in [3.63, 3.8) is 0 Å². The molecule has 4 nitrogen and oxygen atoms in total. The van der Waals surface area contributed by atoms with Gasteiger partial charge in [0.05, 0.1) is 15.4 Å². The molecular formula is C21H22Cl2N4S. The maximum atomic E-state index is 6.21. The molecule has 28 heavy (non-hydrogen) atoms. The van der Waals surface area contributed by atoms with Crippen LogP contribution >= 0.6 is 34.5 Å². The van der Waals surface area contributed by atoms with Gasteiger partial charge in [-0.1, -0.05) is 23.2 Å². The van der Waals surface area contributed by atoms with Crippen LogP contribution in [0.15, 0.2) is 18.2 Å². The number of piperazine rings is 1. The zero-order valence-electron chi connectivity index (χ0n) is 15.8. The Hall–Kier alpha value is -1.56. The molecule has 0 N–H and O–H groups in total. The molecular weight excluding hydrogens is 411 g/mol. The minimum absolute atomic E-state index is 0.602. The molecule has 0 saturated carbocycles. The third-order valence-corrected chi connectivity index (χ3v) is 7.68. The lowest BCUT2D eigenvalue weighted by atomic mass is 9.97. The summed E-state index contributed by atoms with van der Waals surface area (Å²) < 4.78 is 0. The highest BCUT2D eigenvalue weighted by Crippen LogP contribution is 2.40. The number of aromatic nitrogens is 2. The van der Waals surface area contributed by atoms with Crippen LogP contribution in [0, 0.1) is 6.92 Å². The molecule has 0 amide bonds. The Balaban J connectivity index is 1.44. The molecule has 3 heterocycles. The van der Waals surface area contributed by atoms with Gasteiger partial charge < -0.3 is 9.80 Å². The normalized spacial score (nSPS) is 17.2. The van der Waals surface area contributed by atoms with Gasteiger partial charge in [0.1, 0.15) is 16.5 Å². The number of anilines is 2. The van der Waals surface area contributed by atoms with Gasteiger partial charge in [0.25, 0.3) is 0 Å². The zero-order chi connectivity index (χ0) is 19.3. The highest BCUT2D eigenvalue weighted by molar-refractivity contribution is 7.19. The number of halogens is 2. The molecule has 1 fully saturated rings. The Kier molecular flexibility index (Phi) is 4.85. The summed E-state index contributed by atoms with van der Waals surface area (Å²) in [5, 5.41) is 2.53. The van der Waals surface area contributed by atoms with Crippen molar-refractivity contribution in [1.82, 2.24) is 9.97 Å². The van der Waals surface area contributed by atoms with Gasteiger partial charge in [0.2, 0.25) is 0 Å². The number of nitrogens with zero attached hydrogens (tertiary/aromatic N) is 4. The van der Waals surface area contributed by atoms with E-state index in [1.54, 1.807) is 0 Å². The summed E-state index contributed by atoms with van der Waals surface area (Å²) >= 11 is 14.2. The van der Waals surface area contributed by atoms with Crippen molar-refractivity contribution >= 4 is 56.3 Å². The number of fused-ring (bicyclic) bond motifs is 3. The fourth-order valence-electron chi connectivity index (χ4n) is 4.33. The van der Waals surface area contributed by atoms with Gasteiger partial charge in [0.15, 0.2) is 0 Å². The molecule has 0 atom stereocenters. The Morgan fingerprint density at radius 2 is 1.68 bits per heavy atom. The Labute approximate surface area is 179 Å². The van der Waals surface area contributed by atoms with E-state index in [2.05, 4.69) is 9.80 Å². The van der Waals surface area contributed by atoms with Gasteiger partial charge >= 0.3 is 0 Å². The van der Waals surface area contributed by atoms with Gasteiger partial charge in [-0.3, -0.25) is 0 Å². The molecule has 1 aromatic carbocycles. The Bertz CT molecular complexity index is 1040. The lowest BCUT2D eigenvalue weighted by molar-refractivity contribution is 0.647. The average molecular weight is 433 g/mol. The molecule has 3 aromatic rings. The molecule has 5 rings (SSSR count). The number of benzene rings is 1. The van der Waals surface area contributed by atoms with Crippen LogP contribution in [0.25, 0.3) is 10.2 Å². The van der Waals surface area contributed by atoms with Crippen LogP contribution in [0.3, 0.4) is 0 Å². The van der Waals surface area contributed by atoms with Crippen molar-refractivity contribution in [1.29, 1.82) is 0 Å². The number of thiophene rings is 1. The quantitative estimate of drug-likeness (QED) is 0.533. The monoisotopic (exact) mass is 432 g/mol. The molecule has 0 unspecified atom stereocenters. The number of hydrogen-bond donors (Lipinski definition) is 0. The van der Waals surface area contributed by atoms with Crippen molar-refractivity contribution < 1.29 is 0 Å². The van der Waals surface area contributed by atoms with Crippen LogP contribution < -0.4 is 9.80 Å². The lowest BCUT2D eigenvalue weighted by Crippen LogP contribution is -2.47. The molecule has 0 bridgehead atoms. The highest BCUT2D eigenvalue weighted by atomic mass is 35.5. The van der Waals surface area contributed by atoms with Gasteiger partial charge in [-0.25, -0.2) is 9.97 Å². The largest absolute Gasteiger partial charge is 0.368 e. The van der Waals surface area contributed by atoms with Gasteiger partial charge in [-0.05, 0) is 56.4 Å². The smallest absolute Gasteiger partial charge is 0.141 e. The molecule has 146 valence electrons. The maximum Gasteiger partial charge on any atom is 0.141 e. The van der Waals surface area contributed by atoms with Crippen molar-refractivity contribution in [3.8, 4) is 0 Å². The summed E-state index contributed by atoms with van der Waals surface area (Å²) in [6.45, 7) is 5.77. The molecule has 2 aromatic heterocycles. The molecule has 0 radical (unpaired) electrons. The van der Waals surface area contributed by atoms with Crippen LogP contribution in [0.1, 0.15) is 29.1 Å². The van der Waals surface area contributed by atoms with Crippen molar-refractivity contribution in [2.24, 2.45) is 0 Å². The first-order valence-corrected chi connectivity index (χ1v) is 11.4. The predicted molar refractivity (Wildman–Crippen MR) is 120 cm³/mol. The second kappa shape index (κ2) is 7.36. The summed E-state index contributed by atoms with van der Waals surface area (Å²) in [6, 6.07) is 5.88. The topological polar surface area (TPSA) is 32.3 Å². The third-order valence-electron chi connectivity index (χ3n) is 5.75. The van der Waals surface area contributed by atoms with Crippen LogP contribution in [-0.4, -0.2) is 36.1 Å². The van der Waals surface area contributed by atoms with Crippen molar-refractivity contribution in [2.45, 2.75) is 32.6 Å². The number of rotatable bonds is 2. The minimum atomic E-state index is 0.602. The molecule has 1 aliphatic heterocycles. The van der Waals surface area contributed by atoms with Crippen molar-refractivity contribution in [2.75, 3.05) is 36.0 Å². The third kappa shape index (κ3) is 3.23. The first-order valence-electron chi connectivity index (χ1n) is 9.84. The predicted octanol–water partition coefficient (Wildman–Crippen LogP) is 5.51. The van der Waals surface area contributed by atoms with E-state index in [1.165, 1.54) is 39.9 Å². The average Bonchev–Trinajstić information content (AvgIpc) is 3.07. The fourth-order valence-corrected chi connectivity index (χ4v) is 5.92. The van der Waals surface area contributed by atoms with Crippen LogP contribution in [0.2, 0.25) is 10.0 Å². The van der Waals surface area contributed by atoms with Crippen LogP contribution in [-0.2, 0) is 12.8 Å². The van der Waals surface area contributed by atoms with E-state index >= 15 is 0 Å². The second-order valence-electron chi connectivity index (χ2n) is 7.56. The van der Waals surface area contributed by atoms with E-state index in [4.69, 9.17) is 33.2 Å².